The topological polar surface area (TPSA) is 106 Å². The molecule has 0 bridgehead atoms. The van der Waals surface area contributed by atoms with Crippen LogP contribution in [0.3, 0.4) is 0 Å². The van der Waals surface area contributed by atoms with E-state index in [1.165, 1.54) is 0 Å². The van der Waals surface area contributed by atoms with E-state index in [2.05, 4.69) is 0 Å². The predicted molar refractivity (Wildman–Crippen MR) is 18.9 cm³/mol. The minimum Gasteiger partial charge on any atom is -1.00 e. The number of hydrogen-bond donors (Lipinski definition) is 2. The Bertz CT molecular complexity index is 100. The first-order chi connectivity index (χ1) is 2.00. The molecule has 8 heteroatoms. The quantitative estimate of drug-likeness (QED) is 0.314. The van der Waals surface area contributed by atoms with E-state index in [1.807, 2.05) is 0 Å². The van der Waals surface area contributed by atoms with Gasteiger partial charge < -0.3 is 6.90 Å². The second kappa shape index (κ2) is 8.96. The van der Waals surface area contributed by atoms with Gasteiger partial charge in [0.05, 0.1) is 0 Å². The summed E-state index contributed by atoms with van der Waals surface area (Å²) in [7, 11) is -4.67. The van der Waals surface area contributed by atoms with Crippen LogP contribution in [0.2, 0.25) is 0 Å². The summed E-state index contributed by atoms with van der Waals surface area (Å²) < 4.78 is 31.6. The number of hydrogen-bond acceptors (Lipinski definition) is 2. The molecule has 0 aliphatic carbocycles. The van der Waals surface area contributed by atoms with Crippen LogP contribution in [0.15, 0.2) is 0 Å². The van der Waals surface area contributed by atoms with E-state index < -0.39 is 10.4 Å². The Hall–Kier alpha value is 1.96. The second-order valence-corrected chi connectivity index (χ2v) is 1.34. The third kappa shape index (κ3) is 100. The van der Waals surface area contributed by atoms with E-state index in [0.717, 1.165) is 0 Å². The summed E-state index contributed by atoms with van der Waals surface area (Å²) in [5.41, 5.74) is 0. The maximum atomic E-state index is 8.74. The zero-order chi connectivity index (χ0) is 4.50. The Morgan fingerprint density at radius 2 is 1.25 bits per heavy atom. The molecule has 5 nitrogen and oxygen atoms in total. The molecule has 0 aromatic carbocycles. The molecule has 0 saturated heterocycles. The molecular weight excluding hydrogens is 210 g/mol. The van der Waals surface area contributed by atoms with Gasteiger partial charge in [-0.3, -0.25) is 9.11 Å². The summed E-state index contributed by atoms with van der Waals surface area (Å²) in [4.78, 5) is 0. The van der Waals surface area contributed by atoms with E-state index in [0.29, 0.717) is 0 Å². The van der Waals surface area contributed by atoms with Gasteiger partial charge >= 0.3 is 61.8 Å². The fourth-order valence-corrected chi connectivity index (χ4v) is 0. The van der Waals surface area contributed by atoms with Gasteiger partial charge in [-0.25, -0.2) is 0 Å². The van der Waals surface area contributed by atoms with Crippen LogP contribution >= 0.6 is 0 Å². The fourth-order valence-electron chi connectivity index (χ4n) is 0. The van der Waals surface area contributed by atoms with E-state index in [4.69, 9.17) is 17.5 Å². The Balaban J connectivity index is -0.0000000133. The van der Waals surface area contributed by atoms with Gasteiger partial charge in [-0.05, 0) is 0 Å². The van der Waals surface area contributed by atoms with Gasteiger partial charge in [-0.1, -0.05) is 0 Å². The molecule has 0 atom stereocenters. The van der Waals surface area contributed by atoms with E-state index in [-0.39, 0.29) is 74.8 Å². The average molecular weight is 215 g/mol. The van der Waals surface area contributed by atoms with Gasteiger partial charge in [-0.2, -0.15) is 8.42 Å². The van der Waals surface area contributed by atoms with Gasteiger partial charge in [0.15, 0.2) is 0 Å². The van der Waals surface area contributed by atoms with Crippen molar-refractivity contribution in [2.24, 2.45) is 0 Å². The van der Waals surface area contributed by atoms with Crippen LogP contribution in [0.4, 0.5) is 0 Å². The van der Waals surface area contributed by atoms with Crippen LogP contribution in [0.1, 0.15) is 1.43 Å². The standard InChI is InChI=1S/K.Ni.H2O4S.H2O.H/c;;1-5(2,3)4;;/h;;(H2,1,2,3,4);1H2;/q+1;;;;-1. The number of rotatable bonds is 0. The average Bonchev–Trinajstić information content (AvgIpc) is 0.722. The van der Waals surface area contributed by atoms with Gasteiger partial charge in [0.2, 0.25) is 0 Å². The molecule has 0 heterocycles. The molecule has 0 unspecified atom stereocenters. The fraction of sp³-hybridized carbons (Fsp3) is 0. The zero-order valence-corrected chi connectivity index (χ0v) is 8.86. The molecular formula is H5KNiO5S. The molecule has 0 aromatic rings. The van der Waals surface area contributed by atoms with E-state index in [9.17, 15) is 0 Å². The van der Waals surface area contributed by atoms with Crippen molar-refractivity contribution in [2.75, 3.05) is 0 Å². The SMILES string of the molecule is O.O=S(=O)(O)O.[H-].[K+].[Ni]. The second-order valence-electron chi connectivity index (χ2n) is 0.448. The van der Waals surface area contributed by atoms with Crippen molar-refractivity contribution in [3.8, 4) is 0 Å². The summed E-state index contributed by atoms with van der Waals surface area (Å²) in [6.07, 6.45) is 0. The van der Waals surface area contributed by atoms with Gasteiger partial charge in [0.1, 0.15) is 0 Å². The van der Waals surface area contributed by atoms with Gasteiger partial charge in [-0.15, -0.1) is 0 Å². The molecule has 0 aliphatic rings. The summed E-state index contributed by atoms with van der Waals surface area (Å²) in [6, 6.07) is 0. The monoisotopic (exact) mass is 214 g/mol. The van der Waals surface area contributed by atoms with Crippen LogP contribution in [0.5, 0.6) is 0 Å². The summed E-state index contributed by atoms with van der Waals surface area (Å²) >= 11 is 0. The molecule has 52 valence electrons. The predicted octanol–water partition coefficient (Wildman–Crippen LogP) is -4.36. The van der Waals surface area contributed by atoms with E-state index in [1.54, 1.807) is 0 Å². The molecule has 0 amide bonds. The summed E-state index contributed by atoms with van der Waals surface area (Å²) in [5, 5.41) is 0. The van der Waals surface area contributed by atoms with Crippen LogP contribution in [-0.4, -0.2) is 23.0 Å². The third-order valence-electron chi connectivity index (χ3n) is 0. The van der Waals surface area contributed by atoms with Crippen LogP contribution in [0.25, 0.3) is 0 Å². The van der Waals surface area contributed by atoms with Crippen molar-refractivity contribution in [3.05, 3.63) is 0 Å². The Kier molecular flexibility index (Phi) is 25.2. The Labute approximate surface area is 101 Å². The van der Waals surface area contributed by atoms with Crippen LogP contribution < -0.4 is 51.4 Å². The molecule has 0 saturated carbocycles. The van der Waals surface area contributed by atoms with Crippen molar-refractivity contribution in [1.82, 2.24) is 0 Å². The molecule has 0 fully saturated rings. The minimum atomic E-state index is -4.67. The molecule has 0 rings (SSSR count). The van der Waals surface area contributed by atoms with Crippen molar-refractivity contribution < 1.29 is 92.3 Å². The molecule has 0 spiro atoms. The summed E-state index contributed by atoms with van der Waals surface area (Å²) in [6.45, 7) is 0. The van der Waals surface area contributed by atoms with Crippen molar-refractivity contribution in [1.29, 1.82) is 0 Å². The minimum absolute atomic E-state index is 0. The first-order valence-corrected chi connectivity index (χ1v) is 2.10. The maximum absolute atomic E-state index is 8.74. The smallest absolute Gasteiger partial charge is 1.00 e. The van der Waals surface area contributed by atoms with Gasteiger partial charge in [0.25, 0.3) is 0 Å². The molecule has 8 heavy (non-hydrogen) atoms. The Morgan fingerprint density at radius 3 is 1.25 bits per heavy atom. The first kappa shape index (κ1) is 22.5. The Morgan fingerprint density at radius 1 is 1.25 bits per heavy atom. The maximum Gasteiger partial charge on any atom is 1.00 e. The molecule has 4 N–H and O–H groups in total. The van der Waals surface area contributed by atoms with E-state index >= 15 is 0 Å². The molecule has 0 aliphatic heterocycles. The van der Waals surface area contributed by atoms with Crippen LogP contribution in [-0.2, 0) is 26.9 Å². The van der Waals surface area contributed by atoms with Crippen LogP contribution in [0, 0.1) is 0 Å². The molecule has 0 radical (unpaired) electrons. The normalized spacial score (nSPS) is 7.25. The third-order valence-corrected chi connectivity index (χ3v) is 0. The zero-order valence-electron chi connectivity index (χ0n) is 4.94. The summed E-state index contributed by atoms with van der Waals surface area (Å²) in [5.74, 6) is 0. The van der Waals surface area contributed by atoms with Crippen molar-refractivity contribution in [2.45, 2.75) is 0 Å². The largest absolute Gasteiger partial charge is 1.00 e. The van der Waals surface area contributed by atoms with Crippen molar-refractivity contribution >= 4 is 10.4 Å². The van der Waals surface area contributed by atoms with Gasteiger partial charge in [0, 0.05) is 16.5 Å². The van der Waals surface area contributed by atoms with Crippen molar-refractivity contribution in [3.63, 3.8) is 0 Å². The first-order valence-electron chi connectivity index (χ1n) is 0.698. The molecule has 0 aromatic heterocycles.